The smallest absolute Gasteiger partial charge is 0.870 e. The first kappa shape index (κ1) is 56.3. The normalized spacial score (nSPS) is 8.78. The Morgan fingerprint density at radius 2 is 1.22 bits per heavy atom. The van der Waals surface area contributed by atoms with E-state index in [2.05, 4.69) is 25.3 Å². The van der Waals surface area contributed by atoms with Gasteiger partial charge in [-0.3, -0.25) is 27.9 Å². The number of carboxylic acids is 2. The van der Waals surface area contributed by atoms with E-state index in [-0.39, 0.29) is 151 Å². The van der Waals surface area contributed by atoms with Crippen LogP contribution in [-0.4, -0.2) is 45.6 Å². The van der Waals surface area contributed by atoms with Gasteiger partial charge in [-0.2, -0.15) is 0 Å². The Morgan fingerprint density at radius 1 is 0.957 bits per heavy atom. The van der Waals surface area contributed by atoms with Crippen LogP contribution in [0.1, 0.15) is 12.8 Å². The van der Waals surface area contributed by atoms with Crippen LogP contribution < -0.4 is 93.8 Å². The van der Waals surface area contributed by atoms with Gasteiger partial charge in [0.05, 0.1) is 0 Å². The molecule has 0 aromatic heterocycles. The minimum Gasteiger partial charge on any atom is -0.870 e. The van der Waals surface area contributed by atoms with E-state index in [1.165, 1.54) is 12.6 Å². The largest absolute Gasteiger partial charge is 1.00 e. The van der Waals surface area contributed by atoms with Crippen molar-refractivity contribution in [2.24, 2.45) is 0 Å². The Hall–Kier alpha value is 3.38. The van der Waals surface area contributed by atoms with Gasteiger partial charge < -0.3 is 60.8 Å². The number of hydrogen-bond acceptors (Lipinski definition) is 8. The van der Waals surface area contributed by atoms with E-state index in [1.807, 2.05) is 0 Å². The summed E-state index contributed by atoms with van der Waals surface area (Å²) in [6.07, 6.45) is 2.00. The molecule has 5 N–H and O–H groups in total. The van der Waals surface area contributed by atoms with Gasteiger partial charge in [0.1, 0.15) is 0 Å². The van der Waals surface area contributed by atoms with Gasteiger partial charge in [-0.05, 0) is 0 Å². The van der Waals surface area contributed by atoms with Crippen LogP contribution in [0.15, 0.2) is 0 Å². The molecule has 2 unspecified atom stereocenters. The summed E-state index contributed by atoms with van der Waals surface area (Å²) in [5.74, 6) is -2.37. The second kappa shape index (κ2) is 40.2. The summed E-state index contributed by atoms with van der Waals surface area (Å²) >= 11 is 8.58. The quantitative estimate of drug-likeness (QED) is 0.119. The molecule has 0 aliphatic heterocycles. The van der Waals surface area contributed by atoms with Crippen LogP contribution in [-0.2, 0) is 94.7 Å². The van der Waals surface area contributed by atoms with Crippen molar-refractivity contribution in [2.75, 3.05) is 0 Å². The average Bonchev–Trinajstić information content (AvgIpc) is 2.16. The molecule has 0 bridgehead atoms. The minimum atomic E-state index is -1.31. The summed E-state index contributed by atoms with van der Waals surface area (Å²) in [7, 11) is 0. The molecule has 2 atom stereocenters. The van der Waals surface area contributed by atoms with Gasteiger partial charge in [0.25, 0.3) is 5.97 Å². The fourth-order valence-electron chi connectivity index (χ4n) is 0.393. The van der Waals surface area contributed by atoms with Crippen LogP contribution in [0.5, 0.6) is 0 Å². The van der Waals surface area contributed by atoms with E-state index in [1.54, 1.807) is 0 Å². The van der Waals surface area contributed by atoms with E-state index >= 15 is 0 Å². The standard InChI is InChI=1S/2C4H5O3S.2Au.3Na.2H2O/c2*5-2-3(8)1-4(6)7;;;;;;;/h2*3,8H,1H2,(H,6,7);;;;;;2*1H2/q2*-1;5*+1;;/p-3. The number of carbonyl (C=O) groups excluding carboxylic acids is 3. The van der Waals surface area contributed by atoms with Crippen molar-refractivity contribution in [3.8, 4) is 0 Å². The van der Waals surface area contributed by atoms with E-state index in [9.17, 15) is 24.3 Å². The predicted molar refractivity (Wildman–Crippen MR) is 62.4 cm³/mol. The second-order valence-electron chi connectivity index (χ2n) is 2.39. The number of rotatable bonds is 6. The Morgan fingerprint density at radius 3 is 1.30 bits per heavy atom. The first-order valence-corrected chi connectivity index (χ1v) is 4.76. The van der Waals surface area contributed by atoms with Gasteiger partial charge in [-0.25, -0.2) is 0 Å². The monoisotopic (exact) mass is 762 g/mol. The minimum absolute atomic E-state index is 0. The van der Waals surface area contributed by atoms with Crippen molar-refractivity contribution < 1.29 is 174 Å². The maximum absolute atomic E-state index is 9.72. The van der Waals surface area contributed by atoms with Crippen molar-refractivity contribution in [3.05, 3.63) is 0 Å². The van der Waals surface area contributed by atoms with Gasteiger partial charge in [0.15, 0.2) is 0 Å². The molecular formula is C8H11Au2Na3O8S2. The Bertz CT molecular complexity index is 254. The van der Waals surface area contributed by atoms with Gasteiger partial charge in [-0.15, -0.1) is 0 Å². The topological polar surface area (TPSA) is 175 Å². The molecule has 0 amide bonds. The van der Waals surface area contributed by atoms with Crippen LogP contribution in [0, 0.1) is 0 Å². The third-order valence-electron chi connectivity index (χ3n) is 0.975. The summed E-state index contributed by atoms with van der Waals surface area (Å²) in [6, 6.07) is 0. The fourth-order valence-corrected chi connectivity index (χ4v) is 0.672. The van der Waals surface area contributed by atoms with E-state index in [4.69, 9.17) is 5.11 Å². The molecule has 0 aliphatic carbocycles. The summed E-state index contributed by atoms with van der Waals surface area (Å²) in [6.45, 7) is 0. The predicted octanol–water partition coefficient (Wildman–Crippen LogP) is -12.5. The molecular weight excluding hydrogens is 751 g/mol. The number of aliphatic carboxylic acids is 2. The molecule has 0 aromatic carbocycles. The molecule has 0 aromatic rings. The van der Waals surface area contributed by atoms with Gasteiger partial charge in [0, 0.05) is 12.4 Å². The molecule has 15 heteroatoms. The molecule has 8 nitrogen and oxygen atoms in total. The van der Waals surface area contributed by atoms with Crippen molar-refractivity contribution >= 4 is 49.8 Å². The van der Waals surface area contributed by atoms with Crippen molar-refractivity contribution in [3.63, 3.8) is 0 Å². The van der Waals surface area contributed by atoms with Crippen LogP contribution >= 0.6 is 0 Å². The van der Waals surface area contributed by atoms with Gasteiger partial charge >= 0.3 is 133 Å². The third kappa shape index (κ3) is 58.6. The molecule has 0 spiro atoms. The Labute approximate surface area is 242 Å². The van der Waals surface area contributed by atoms with Gasteiger partial charge in [0.2, 0.25) is 0 Å². The second-order valence-corrected chi connectivity index (χ2v) is 3.53. The van der Waals surface area contributed by atoms with E-state index < -0.39 is 28.9 Å². The van der Waals surface area contributed by atoms with E-state index in [0.717, 1.165) is 0 Å². The van der Waals surface area contributed by atoms with Gasteiger partial charge in [-0.1, -0.05) is 6.42 Å². The zero-order chi connectivity index (χ0) is 13.1. The first-order valence-electron chi connectivity index (χ1n) is 3.82. The average molecular weight is 762 g/mol. The van der Waals surface area contributed by atoms with E-state index in [0.29, 0.717) is 0 Å². The Kier molecular flexibility index (Phi) is 98.2. The molecule has 0 radical (unpaired) electrons. The number of carboxylic acid groups (broad SMARTS) is 2. The molecule has 0 rings (SSSR count). The third-order valence-corrected chi connectivity index (χ3v) is 1.50. The molecule has 23 heavy (non-hydrogen) atoms. The fraction of sp³-hybridized carbons (Fsp3) is 0.500. The summed E-state index contributed by atoms with van der Waals surface area (Å²) in [5.41, 5.74) is 0. The van der Waals surface area contributed by atoms with Crippen LogP contribution in [0.4, 0.5) is 0 Å². The maximum atomic E-state index is 9.72. The molecule has 0 aliphatic rings. The van der Waals surface area contributed by atoms with Crippen molar-refractivity contribution in [1.29, 1.82) is 0 Å². The summed E-state index contributed by atoms with van der Waals surface area (Å²) in [4.78, 5) is 38.4. The van der Waals surface area contributed by atoms with Crippen LogP contribution in [0.25, 0.3) is 0 Å². The summed E-state index contributed by atoms with van der Waals surface area (Å²) < 4.78 is 0. The number of hydrogen-bond donors (Lipinski definition) is 1. The van der Waals surface area contributed by atoms with Crippen molar-refractivity contribution in [1.82, 2.24) is 0 Å². The molecule has 0 heterocycles. The first-order chi connectivity index (χ1) is 7.33. The molecule has 128 valence electrons. The molecule has 0 saturated heterocycles. The Balaban J connectivity index is -0.0000000187. The molecule has 0 fully saturated rings. The SMILES string of the molecule is O=[C-]C([S-])CC(=O)O.O=[C-]C([S-])CC(=O)[O-].[Au+].[Au+].[Na+].[Na+].[Na+].[OH-].[OH3+]. The summed E-state index contributed by atoms with van der Waals surface area (Å²) in [5, 5.41) is 15.7. The number of carbonyl (C=O) groups is 2. The molecule has 0 saturated carbocycles. The maximum Gasteiger partial charge on any atom is 1.00 e. The van der Waals surface area contributed by atoms with Crippen molar-refractivity contribution in [2.45, 2.75) is 23.3 Å². The van der Waals surface area contributed by atoms with Crippen LogP contribution in [0.2, 0.25) is 0 Å². The van der Waals surface area contributed by atoms with Crippen LogP contribution in [0.3, 0.4) is 0 Å². The zero-order valence-corrected chi connectivity index (χ0v) is 24.5. The zero-order valence-electron chi connectivity index (χ0n) is 12.5.